The fraction of sp³-hybridized carbons (Fsp3) is 0.222. The number of carbonyl (C=O) groups excluding carboxylic acids is 1. The first kappa shape index (κ1) is 15.9. The molecule has 24 heavy (non-hydrogen) atoms. The van der Waals surface area contributed by atoms with Gasteiger partial charge < -0.3 is 4.90 Å². The van der Waals surface area contributed by atoms with Gasteiger partial charge in [-0.15, -0.1) is 23.1 Å². The SMILES string of the molecule is CSc1cccc2c1CN(C(=O)c1csc3cc(Cl)cnc13)CC2. The Morgan fingerprint density at radius 2 is 2.29 bits per heavy atom. The number of hydrogen-bond acceptors (Lipinski definition) is 4. The number of amides is 1. The maximum absolute atomic E-state index is 13.0. The summed E-state index contributed by atoms with van der Waals surface area (Å²) in [7, 11) is 0. The average Bonchev–Trinajstić information content (AvgIpc) is 3.03. The summed E-state index contributed by atoms with van der Waals surface area (Å²) in [6, 6.07) is 8.26. The molecule has 1 aliphatic rings. The molecular weight excluding hydrogens is 360 g/mol. The maximum Gasteiger partial charge on any atom is 0.257 e. The monoisotopic (exact) mass is 374 g/mol. The number of thiophene rings is 1. The minimum atomic E-state index is 0.0534. The minimum Gasteiger partial charge on any atom is -0.334 e. The van der Waals surface area contributed by atoms with E-state index in [0.717, 1.165) is 23.2 Å². The van der Waals surface area contributed by atoms with Gasteiger partial charge in [-0.05, 0) is 35.9 Å². The van der Waals surface area contributed by atoms with Gasteiger partial charge in [0.15, 0.2) is 0 Å². The van der Waals surface area contributed by atoms with Crippen LogP contribution < -0.4 is 0 Å². The van der Waals surface area contributed by atoms with Gasteiger partial charge in [0, 0.05) is 29.6 Å². The number of pyridine rings is 1. The molecule has 6 heteroatoms. The lowest BCUT2D eigenvalue weighted by Crippen LogP contribution is -2.36. The zero-order valence-electron chi connectivity index (χ0n) is 13.1. The third-order valence-corrected chi connectivity index (χ3v) is 6.29. The summed E-state index contributed by atoms with van der Waals surface area (Å²) < 4.78 is 0.952. The van der Waals surface area contributed by atoms with E-state index >= 15 is 0 Å². The van der Waals surface area contributed by atoms with Crippen molar-refractivity contribution in [2.24, 2.45) is 0 Å². The van der Waals surface area contributed by atoms with Gasteiger partial charge in [-0.2, -0.15) is 0 Å². The Morgan fingerprint density at radius 3 is 3.12 bits per heavy atom. The predicted molar refractivity (Wildman–Crippen MR) is 101 cm³/mol. The summed E-state index contributed by atoms with van der Waals surface area (Å²) in [4.78, 5) is 20.6. The van der Waals surface area contributed by atoms with E-state index in [9.17, 15) is 4.79 Å². The Balaban J connectivity index is 1.67. The van der Waals surface area contributed by atoms with Crippen LogP contribution in [0.15, 0.2) is 40.7 Å². The van der Waals surface area contributed by atoms with Gasteiger partial charge in [0.25, 0.3) is 5.91 Å². The van der Waals surface area contributed by atoms with Crippen LogP contribution in [0.4, 0.5) is 0 Å². The summed E-state index contributed by atoms with van der Waals surface area (Å²) in [6.07, 6.45) is 4.58. The Hall–Kier alpha value is -1.56. The number of thioether (sulfide) groups is 1. The maximum atomic E-state index is 13.0. The number of fused-ring (bicyclic) bond motifs is 2. The van der Waals surface area contributed by atoms with Crippen molar-refractivity contribution in [2.45, 2.75) is 17.9 Å². The van der Waals surface area contributed by atoms with E-state index in [4.69, 9.17) is 11.6 Å². The standard InChI is InChI=1S/C18H15ClN2OS2/c1-23-15-4-2-3-11-5-6-21(9-13(11)15)18(22)14-10-24-16-7-12(19)8-20-17(14)16/h2-4,7-8,10H,5-6,9H2,1H3. The van der Waals surface area contributed by atoms with Gasteiger partial charge in [-0.25, -0.2) is 0 Å². The highest BCUT2D eigenvalue weighted by atomic mass is 35.5. The molecular formula is C18H15ClN2OS2. The van der Waals surface area contributed by atoms with E-state index in [-0.39, 0.29) is 5.91 Å². The van der Waals surface area contributed by atoms with Crippen molar-refractivity contribution in [1.29, 1.82) is 0 Å². The van der Waals surface area contributed by atoms with E-state index in [2.05, 4.69) is 29.4 Å². The summed E-state index contributed by atoms with van der Waals surface area (Å²) in [5, 5.41) is 2.49. The molecule has 1 aromatic carbocycles. The first-order chi connectivity index (χ1) is 11.7. The molecule has 3 heterocycles. The fourth-order valence-corrected chi connectivity index (χ4v) is 4.93. The minimum absolute atomic E-state index is 0.0534. The summed E-state index contributed by atoms with van der Waals surface area (Å²) in [5.74, 6) is 0.0534. The number of carbonyl (C=O) groups is 1. The van der Waals surface area contributed by atoms with Crippen molar-refractivity contribution in [2.75, 3.05) is 12.8 Å². The first-order valence-corrected chi connectivity index (χ1v) is 10.1. The summed E-state index contributed by atoms with van der Waals surface area (Å²) in [5.41, 5.74) is 4.06. The molecule has 3 nitrogen and oxygen atoms in total. The number of hydrogen-bond donors (Lipinski definition) is 0. The number of benzene rings is 1. The number of nitrogens with zero attached hydrogens (tertiary/aromatic N) is 2. The lowest BCUT2D eigenvalue weighted by molar-refractivity contribution is 0.0735. The second-order valence-corrected chi connectivity index (χ2v) is 7.92. The molecule has 0 saturated carbocycles. The lowest BCUT2D eigenvalue weighted by Gasteiger charge is -2.30. The second-order valence-electron chi connectivity index (χ2n) is 5.72. The van der Waals surface area contributed by atoms with Crippen molar-refractivity contribution in [3.8, 4) is 0 Å². The van der Waals surface area contributed by atoms with E-state index in [1.54, 1.807) is 18.0 Å². The van der Waals surface area contributed by atoms with Crippen LogP contribution in [0.1, 0.15) is 21.5 Å². The molecule has 0 saturated heterocycles. The molecule has 2 aromatic heterocycles. The first-order valence-electron chi connectivity index (χ1n) is 7.64. The van der Waals surface area contributed by atoms with Crippen LogP contribution in [0.25, 0.3) is 10.2 Å². The van der Waals surface area contributed by atoms with Crippen LogP contribution in [-0.2, 0) is 13.0 Å². The molecule has 0 aliphatic carbocycles. The number of rotatable bonds is 2. The normalized spacial score (nSPS) is 14.0. The highest BCUT2D eigenvalue weighted by Crippen LogP contribution is 2.31. The van der Waals surface area contributed by atoms with Crippen molar-refractivity contribution in [1.82, 2.24) is 9.88 Å². The van der Waals surface area contributed by atoms with Gasteiger partial charge in [-0.3, -0.25) is 9.78 Å². The Kier molecular flexibility index (Phi) is 4.24. The van der Waals surface area contributed by atoms with Gasteiger partial charge in [0.1, 0.15) is 0 Å². The van der Waals surface area contributed by atoms with Crippen LogP contribution in [0, 0.1) is 0 Å². The molecule has 0 unspecified atom stereocenters. The summed E-state index contributed by atoms with van der Waals surface area (Å²) in [6.45, 7) is 1.41. The van der Waals surface area contributed by atoms with Crippen molar-refractivity contribution < 1.29 is 4.79 Å². The van der Waals surface area contributed by atoms with E-state index in [1.807, 2.05) is 16.3 Å². The van der Waals surface area contributed by atoms with Gasteiger partial charge in [0.2, 0.25) is 0 Å². The zero-order chi connectivity index (χ0) is 16.7. The molecule has 0 atom stereocenters. The molecule has 122 valence electrons. The Bertz CT molecular complexity index is 924. The fourth-order valence-electron chi connectivity index (χ4n) is 3.13. The van der Waals surface area contributed by atoms with Gasteiger partial charge in [0.05, 0.1) is 20.8 Å². The predicted octanol–water partition coefficient (Wildman–Crippen LogP) is 4.87. The average molecular weight is 375 g/mol. The van der Waals surface area contributed by atoms with Crippen LogP contribution in [-0.4, -0.2) is 28.6 Å². The van der Waals surface area contributed by atoms with Crippen molar-refractivity contribution in [3.63, 3.8) is 0 Å². The molecule has 0 radical (unpaired) electrons. The third-order valence-electron chi connectivity index (χ3n) is 4.35. The largest absolute Gasteiger partial charge is 0.334 e. The number of halogens is 1. The Morgan fingerprint density at radius 1 is 1.42 bits per heavy atom. The highest BCUT2D eigenvalue weighted by molar-refractivity contribution is 7.98. The molecule has 0 spiro atoms. The highest BCUT2D eigenvalue weighted by Gasteiger charge is 2.25. The van der Waals surface area contributed by atoms with Gasteiger partial charge in [-0.1, -0.05) is 23.7 Å². The molecule has 1 aliphatic heterocycles. The third kappa shape index (κ3) is 2.70. The topological polar surface area (TPSA) is 33.2 Å². The van der Waals surface area contributed by atoms with Crippen LogP contribution in [0.3, 0.4) is 0 Å². The van der Waals surface area contributed by atoms with E-state index in [0.29, 0.717) is 17.1 Å². The van der Waals surface area contributed by atoms with Crippen LogP contribution in [0.5, 0.6) is 0 Å². The van der Waals surface area contributed by atoms with Crippen molar-refractivity contribution in [3.05, 3.63) is 57.6 Å². The molecule has 0 fully saturated rings. The summed E-state index contributed by atoms with van der Waals surface area (Å²) >= 11 is 9.24. The molecule has 0 bridgehead atoms. The van der Waals surface area contributed by atoms with Crippen LogP contribution in [0.2, 0.25) is 5.02 Å². The lowest BCUT2D eigenvalue weighted by atomic mass is 9.99. The van der Waals surface area contributed by atoms with Crippen LogP contribution >= 0.6 is 34.7 Å². The quantitative estimate of drug-likeness (QED) is 0.600. The second kappa shape index (κ2) is 6.39. The molecule has 4 rings (SSSR count). The Labute approximate surface area is 153 Å². The zero-order valence-corrected chi connectivity index (χ0v) is 15.5. The van der Waals surface area contributed by atoms with E-state index < -0.39 is 0 Å². The number of aromatic nitrogens is 1. The molecule has 0 N–H and O–H groups in total. The molecule has 1 amide bonds. The smallest absolute Gasteiger partial charge is 0.257 e. The van der Waals surface area contributed by atoms with Gasteiger partial charge >= 0.3 is 0 Å². The van der Waals surface area contributed by atoms with Crippen molar-refractivity contribution >= 4 is 50.8 Å². The van der Waals surface area contributed by atoms with E-state index in [1.165, 1.54) is 27.4 Å². The molecule has 3 aromatic rings.